The van der Waals surface area contributed by atoms with Crippen LogP contribution < -0.4 is 5.32 Å². The number of ether oxygens (including phenoxy) is 1. The van der Waals surface area contributed by atoms with E-state index in [0.717, 1.165) is 38.1 Å². The number of rotatable bonds is 6. The van der Waals surface area contributed by atoms with E-state index >= 15 is 0 Å². The molecule has 2 aliphatic rings. The Bertz CT molecular complexity index is 391. The largest absolute Gasteiger partial charge is 0.384 e. The van der Waals surface area contributed by atoms with Crippen LogP contribution in [-0.4, -0.2) is 75.3 Å². The Morgan fingerprint density at radius 2 is 1.92 bits per heavy atom. The zero-order valence-corrected chi connectivity index (χ0v) is 16.4. The van der Waals surface area contributed by atoms with Gasteiger partial charge in [0.05, 0.1) is 6.61 Å². The first-order valence-corrected chi connectivity index (χ1v) is 9.73. The molecule has 0 aliphatic carbocycles. The third kappa shape index (κ3) is 5.35. The highest BCUT2D eigenvalue weighted by molar-refractivity contribution is 5.80. The first-order valence-electron chi connectivity index (χ1n) is 9.73. The van der Waals surface area contributed by atoms with Gasteiger partial charge in [0.1, 0.15) is 0 Å². The lowest BCUT2D eigenvalue weighted by Crippen LogP contribution is -2.52. The monoisotopic (exact) mass is 338 g/mol. The fourth-order valence-electron chi connectivity index (χ4n) is 4.07. The lowest BCUT2D eigenvalue weighted by Gasteiger charge is -2.39. The van der Waals surface area contributed by atoms with Crippen LogP contribution in [0.4, 0.5) is 0 Å². The summed E-state index contributed by atoms with van der Waals surface area (Å²) in [6.45, 7) is 13.5. The van der Waals surface area contributed by atoms with E-state index < -0.39 is 0 Å². The highest BCUT2D eigenvalue weighted by atomic mass is 16.5. The van der Waals surface area contributed by atoms with Crippen molar-refractivity contribution in [1.82, 2.24) is 15.1 Å². The Morgan fingerprint density at radius 3 is 2.50 bits per heavy atom. The van der Waals surface area contributed by atoms with Gasteiger partial charge in [0.2, 0.25) is 0 Å². The van der Waals surface area contributed by atoms with Crippen molar-refractivity contribution in [3.8, 4) is 0 Å². The van der Waals surface area contributed by atoms with Crippen LogP contribution in [0.5, 0.6) is 0 Å². The molecule has 0 aromatic rings. The van der Waals surface area contributed by atoms with E-state index in [-0.39, 0.29) is 0 Å². The van der Waals surface area contributed by atoms with Crippen molar-refractivity contribution < 1.29 is 4.74 Å². The van der Waals surface area contributed by atoms with Crippen LogP contribution >= 0.6 is 0 Å². The molecular weight excluding hydrogens is 300 g/mol. The summed E-state index contributed by atoms with van der Waals surface area (Å²) in [7, 11) is 3.70. The Morgan fingerprint density at radius 1 is 1.21 bits per heavy atom. The van der Waals surface area contributed by atoms with Crippen LogP contribution in [0, 0.1) is 17.8 Å². The van der Waals surface area contributed by atoms with E-state index in [0.29, 0.717) is 17.9 Å². The first-order chi connectivity index (χ1) is 11.5. The Labute approximate surface area is 148 Å². The van der Waals surface area contributed by atoms with E-state index in [1.54, 1.807) is 7.11 Å². The fourth-order valence-corrected chi connectivity index (χ4v) is 4.07. The minimum atomic E-state index is 0.589. The molecule has 2 unspecified atom stereocenters. The van der Waals surface area contributed by atoms with Gasteiger partial charge in [-0.2, -0.15) is 0 Å². The molecule has 2 saturated heterocycles. The fraction of sp³-hybridized carbons (Fsp3) is 0.947. The first kappa shape index (κ1) is 19.5. The van der Waals surface area contributed by atoms with Crippen molar-refractivity contribution in [1.29, 1.82) is 0 Å². The minimum Gasteiger partial charge on any atom is -0.384 e. The topological polar surface area (TPSA) is 40.1 Å². The Hall–Kier alpha value is -0.810. The van der Waals surface area contributed by atoms with E-state index in [2.05, 4.69) is 40.9 Å². The number of nitrogens with one attached hydrogen (secondary N) is 1. The summed E-state index contributed by atoms with van der Waals surface area (Å²) in [5.74, 6) is 3.24. The van der Waals surface area contributed by atoms with Gasteiger partial charge < -0.3 is 15.0 Å². The molecule has 2 fully saturated rings. The van der Waals surface area contributed by atoms with Gasteiger partial charge in [-0.25, -0.2) is 0 Å². The SMILES string of the molecule is CN=C(NCC(C(C)C)N1CCC(C)CC1)N1CCC(COC)C1. The van der Waals surface area contributed by atoms with Gasteiger partial charge in [0.15, 0.2) is 5.96 Å². The van der Waals surface area contributed by atoms with Crippen LogP contribution in [0.25, 0.3) is 0 Å². The zero-order chi connectivity index (χ0) is 17.5. The summed E-state index contributed by atoms with van der Waals surface area (Å²) in [5, 5.41) is 3.66. The van der Waals surface area contributed by atoms with E-state index in [4.69, 9.17) is 4.74 Å². The average molecular weight is 339 g/mol. The molecular formula is C19H38N4O. The van der Waals surface area contributed by atoms with Crippen molar-refractivity contribution >= 4 is 5.96 Å². The quantitative estimate of drug-likeness (QED) is 0.596. The van der Waals surface area contributed by atoms with E-state index in [9.17, 15) is 0 Å². The van der Waals surface area contributed by atoms with Gasteiger partial charge in [-0.1, -0.05) is 20.8 Å². The maximum atomic E-state index is 5.31. The smallest absolute Gasteiger partial charge is 0.193 e. The molecule has 140 valence electrons. The second kappa shape index (κ2) is 9.62. The molecule has 2 rings (SSSR count). The van der Waals surface area contributed by atoms with Crippen molar-refractivity contribution in [2.45, 2.75) is 46.1 Å². The van der Waals surface area contributed by atoms with Crippen LogP contribution in [0.3, 0.4) is 0 Å². The number of methoxy groups -OCH3 is 1. The molecule has 0 radical (unpaired) electrons. The van der Waals surface area contributed by atoms with Gasteiger partial charge >= 0.3 is 0 Å². The molecule has 0 bridgehead atoms. The predicted octanol–water partition coefficient (Wildman–Crippen LogP) is 2.29. The average Bonchev–Trinajstić information content (AvgIpc) is 3.01. The third-order valence-electron chi connectivity index (χ3n) is 5.73. The molecule has 1 N–H and O–H groups in total. The molecule has 2 heterocycles. The van der Waals surface area contributed by atoms with Crippen LogP contribution in [0.15, 0.2) is 4.99 Å². The molecule has 0 saturated carbocycles. The number of likely N-dealkylation sites (tertiary alicyclic amines) is 2. The number of nitrogens with zero attached hydrogens (tertiary/aromatic N) is 3. The van der Waals surface area contributed by atoms with Crippen LogP contribution in [-0.2, 0) is 4.74 Å². The molecule has 5 heteroatoms. The molecule has 2 atom stereocenters. The summed E-state index contributed by atoms with van der Waals surface area (Å²) < 4.78 is 5.31. The lowest BCUT2D eigenvalue weighted by molar-refractivity contribution is 0.109. The number of guanidine groups is 1. The standard InChI is InChI=1S/C19H38N4O/c1-15(2)18(22-9-6-16(3)7-10-22)12-21-19(20-4)23-11-8-17(13-23)14-24-5/h15-18H,6-14H2,1-5H3,(H,20,21). The van der Waals surface area contributed by atoms with Crippen LogP contribution in [0.2, 0.25) is 0 Å². The van der Waals surface area contributed by atoms with Gasteiger partial charge in [-0.15, -0.1) is 0 Å². The van der Waals surface area contributed by atoms with Gasteiger partial charge in [0, 0.05) is 45.8 Å². The molecule has 0 aromatic carbocycles. The molecule has 5 nitrogen and oxygen atoms in total. The Balaban J connectivity index is 1.86. The third-order valence-corrected chi connectivity index (χ3v) is 5.73. The lowest BCUT2D eigenvalue weighted by atomic mass is 9.94. The molecule has 0 amide bonds. The zero-order valence-electron chi connectivity index (χ0n) is 16.4. The highest BCUT2D eigenvalue weighted by Crippen LogP contribution is 2.21. The van der Waals surface area contributed by atoms with Crippen molar-refractivity contribution in [3.05, 3.63) is 0 Å². The highest BCUT2D eigenvalue weighted by Gasteiger charge is 2.28. The van der Waals surface area contributed by atoms with E-state index in [1.807, 2.05) is 7.05 Å². The summed E-state index contributed by atoms with van der Waals surface area (Å²) in [4.78, 5) is 9.60. The Kier molecular flexibility index (Phi) is 7.82. The normalized spacial score (nSPS) is 25.5. The second-order valence-electron chi connectivity index (χ2n) is 8.01. The molecule has 0 aromatic heterocycles. The summed E-state index contributed by atoms with van der Waals surface area (Å²) in [5.41, 5.74) is 0. The minimum absolute atomic E-state index is 0.589. The summed E-state index contributed by atoms with van der Waals surface area (Å²) in [6.07, 6.45) is 3.87. The van der Waals surface area contributed by atoms with Crippen molar-refractivity contribution in [2.75, 3.05) is 53.5 Å². The van der Waals surface area contributed by atoms with Crippen molar-refractivity contribution in [2.24, 2.45) is 22.7 Å². The van der Waals surface area contributed by atoms with Gasteiger partial charge in [-0.05, 0) is 44.2 Å². The predicted molar refractivity (Wildman–Crippen MR) is 102 cm³/mol. The van der Waals surface area contributed by atoms with Crippen molar-refractivity contribution in [3.63, 3.8) is 0 Å². The number of hydrogen-bond donors (Lipinski definition) is 1. The molecule has 24 heavy (non-hydrogen) atoms. The maximum Gasteiger partial charge on any atom is 0.193 e. The summed E-state index contributed by atoms with van der Waals surface area (Å²) in [6, 6.07) is 0.589. The van der Waals surface area contributed by atoms with E-state index in [1.165, 1.54) is 32.4 Å². The maximum absolute atomic E-state index is 5.31. The summed E-state index contributed by atoms with van der Waals surface area (Å²) >= 11 is 0. The van der Waals surface area contributed by atoms with Gasteiger partial charge in [-0.3, -0.25) is 9.89 Å². The number of piperidine rings is 1. The molecule has 2 aliphatic heterocycles. The second-order valence-corrected chi connectivity index (χ2v) is 8.01. The number of hydrogen-bond acceptors (Lipinski definition) is 3. The number of aliphatic imine (C=N–C) groups is 1. The van der Waals surface area contributed by atoms with Gasteiger partial charge in [0.25, 0.3) is 0 Å². The molecule has 0 spiro atoms. The van der Waals surface area contributed by atoms with Crippen LogP contribution in [0.1, 0.15) is 40.0 Å².